The van der Waals surface area contributed by atoms with Crippen molar-refractivity contribution in [2.45, 2.75) is 45.1 Å². The topological polar surface area (TPSA) is 20.3 Å². The smallest absolute Gasteiger partial charge is 0.167 e. The number of hydrogen-bond donors (Lipinski definition) is 0. The molecular formula is C21H26ClNO. The first-order valence-electron chi connectivity index (χ1n) is 8.99. The molecule has 1 aliphatic heterocycles. The lowest BCUT2D eigenvalue weighted by Crippen LogP contribution is -2.47. The second-order valence-corrected chi connectivity index (χ2v) is 7.35. The van der Waals surface area contributed by atoms with Crippen LogP contribution in [0.3, 0.4) is 0 Å². The molecule has 0 aromatic heterocycles. The highest BCUT2D eigenvalue weighted by molar-refractivity contribution is 6.01. The predicted molar refractivity (Wildman–Crippen MR) is 102 cm³/mol. The molecular weight excluding hydrogens is 318 g/mol. The zero-order chi connectivity index (χ0) is 15.8. The van der Waals surface area contributed by atoms with E-state index in [0.717, 1.165) is 24.6 Å². The fourth-order valence-electron chi connectivity index (χ4n) is 4.06. The second-order valence-electron chi connectivity index (χ2n) is 7.35. The summed E-state index contributed by atoms with van der Waals surface area (Å²) in [5.74, 6) is 0.531. The maximum absolute atomic E-state index is 13.0. The van der Waals surface area contributed by atoms with Gasteiger partial charge in [0.05, 0.1) is 0 Å². The number of nitrogens with zero attached hydrogens (tertiary/aromatic N) is 1. The Kier molecular flexibility index (Phi) is 5.27. The molecule has 1 atom stereocenters. The van der Waals surface area contributed by atoms with Crippen LogP contribution in [0.4, 0.5) is 0 Å². The first kappa shape index (κ1) is 17.4. The Morgan fingerprint density at radius 3 is 2.50 bits per heavy atom. The Balaban J connectivity index is 0.00000169. The number of rotatable bonds is 3. The number of hydrogen-bond acceptors (Lipinski definition) is 2. The standard InChI is InChI=1S/C21H25NO.ClH/c1-15-7-8-17-13-18(10-9-16(17)12-15)21(23)19-4-3-11-22(14-19)20-5-2-6-20;/h7-10,12-13,19-20H,2-6,11,14H2,1H3;1H. The van der Waals surface area contributed by atoms with Gasteiger partial charge in [-0.25, -0.2) is 0 Å². The van der Waals surface area contributed by atoms with E-state index in [1.54, 1.807) is 0 Å². The van der Waals surface area contributed by atoms with E-state index >= 15 is 0 Å². The summed E-state index contributed by atoms with van der Waals surface area (Å²) >= 11 is 0. The number of halogens is 1. The fraction of sp³-hybridized carbons (Fsp3) is 0.476. The van der Waals surface area contributed by atoms with Gasteiger partial charge in [-0.1, -0.05) is 42.3 Å². The number of benzene rings is 2. The summed E-state index contributed by atoms with van der Waals surface area (Å²) in [6, 6.07) is 13.4. The van der Waals surface area contributed by atoms with E-state index in [0.29, 0.717) is 5.78 Å². The van der Waals surface area contributed by atoms with Crippen molar-refractivity contribution in [3.05, 3.63) is 47.5 Å². The molecule has 2 aromatic carbocycles. The van der Waals surface area contributed by atoms with Crippen molar-refractivity contribution >= 4 is 29.0 Å². The van der Waals surface area contributed by atoms with Gasteiger partial charge in [-0.2, -0.15) is 0 Å². The number of piperidine rings is 1. The van der Waals surface area contributed by atoms with Crippen LogP contribution in [-0.4, -0.2) is 29.8 Å². The molecule has 0 spiro atoms. The molecule has 0 radical (unpaired) electrons. The molecule has 1 saturated carbocycles. The molecule has 128 valence electrons. The van der Waals surface area contributed by atoms with E-state index in [9.17, 15) is 4.79 Å². The molecule has 0 amide bonds. The average molecular weight is 344 g/mol. The summed E-state index contributed by atoms with van der Waals surface area (Å²) in [6.45, 7) is 4.26. The molecule has 24 heavy (non-hydrogen) atoms. The van der Waals surface area contributed by atoms with Crippen LogP contribution in [-0.2, 0) is 0 Å². The van der Waals surface area contributed by atoms with E-state index < -0.39 is 0 Å². The summed E-state index contributed by atoms with van der Waals surface area (Å²) in [6.07, 6.45) is 6.24. The maximum Gasteiger partial charge on any atom is 0.167 e. The molecule has 0 bridgehead atoms. The van der Waals surface area contributed by atoms with Crippen LogP contribution in [0.1, 0.15) is 48.0 Å². The summed E-state index contributed by atoms with van der Waals surface area (Å²) in [5, 5.41) is 2.40. The van der Waals surface area contributed by atoms with Crippen LogP contribution in [0.15, 0.2) is 36.4 Å². The third kappa shape index (κ3) is 3.36. The van der Waals surface area contributed by atoms with Crippen LogP contribution in [0.5, 0.6) is 0 Å². The van der Waals surface area contributed by atoms with E-state index in [1.807, 2.05) is 6.07 Å². The SMILES string of the molecule is Cc1ccc2cc(C(=O)C3CCCN(C4CCC4)C3)ccc2c1.Cl. The van der Waals surface area contributed by atoms with Crippen LogP contribution in [0.25, 0.3) is 10.8 Å². The third-order valence-corrected chi connectivity index (χ3v) is 5.69. The Labute approximate surface area is 150 Å². The molecule has 2 fully saturated rings. The predicted octanol–water partition coefficient (Wildman–Crippen LogP) is 5.02. The highest BCUT2D eigenvalue weighted by Gasteiger charge is 2.32. The third-order valence-electron chi connectivity index (χ3n) is 5.69. The molecule has 2 nitrogen and oxygen atoms in total. The molecule has 0 N–H and O–H groups in total. The molecule has 1 saturated heterocycles. The zero-order valence-corrected chi connectivity index (χ0v) is 15.1. The van der Waals surface area contributed by atoms with Crippen molar-refractivity contribution < 1.29 is 4.79 Å². The van der Waals surface area contributed by atoms with Gasteiger partial charge in [0.15, 0.2) is 5.78 Å². The number of likely N-dealkylation sites (tertiary alicyclic amines) is 1. The first-order chi connectivity index (χ1) is 11.2. The molecule has 2 aliphatic rings. The van der Waals surface area contributed by atoms with Gasteiger partial charge in [0, 0.05) is 24.1 Å². The van der Waals surface area contributed by atoms with Gasteiger partial charge in [-0.15, -0.1) is 12.4 Å². The van der Waals surface area contributed by atoms with Crippen molar-refractivity contribution in [1.82, 2.24) is 4.90 Å². The van der Waals surface area contributed by atoms with Crippen molar-refractivity contribution in [2.24, 2.45) is 5.92 Å². The lowest BCUT2D eigenvalue weighted by Gasteiger charge is -2.42. The van der Waals surface area contributed by atoms with Gasteiger partial charge in [-0.05, 0) is 56.0 Å². The normalized spacial score (nSPS) is 22.0. The van der Waals surface area contributed by atoms with Gasteiger partial charge in [-0.3, -0.25) is 9.69 Å². The Morgan fingerprint density at radius 2 is 1.75 bits per heavy atom. The van der Waals surface area contributed by atoms with Crippen molar-refractivity contribution in [2.75, 3.05) is 13.1 Å². The number of fused-ring (bicyclic) bond motifs is 1. The highest BCUT2D eigenvalue weighted by Crippen LogP contribution is 2.30. The number of Topliss-reactive ketones (excluding diaryl/α,β-unsaturated/α-hetero) is 1. The van der Waals surface area contributed by atoms with Crippen LogP contribution in [0.2, 0.25) is 0 Å². The Hall–Kier alpha value is -1.38. The van der Waals surface area contributed by atoms with Crippen LogP contribution in [0, 0.1) is 12.8 Å². The minimum Gasteiger partial charge on any atom is -0.300 e. The first-order valence-corrected chi connectivity index (χ1v) is 8.99. The molecule has 4 rings (SSSR count). The van der Waals surface area contributed by atoms with Crippen molar-refractivity contribution in [3.63, 3.8) is 0 Å². The largest absolute Gasteiger partial charge is 0.300 e. The fourth-order valence-corrected chi connectivity index (χ4v) is 4.06. The second kappa shape index (κ2) is 7.25. The number of carbonyl (C=O) groups excluding carboxylic acids is 1. The van der Waals surface area contributed by atoms with Crippen LogP contribution >= 0.6 is 12.4 Å². The Morgan fingerprint density at radius 1 is 1.00 bits per heavy atom. The lowest BCUT2D eigenvalue weighted by molar-refractivity contribution is 0.0612. The Bertz CT molecular complexity index is 738. The average Bonchev–Trinajstić information content (AvgIpc) is 2.52. The summed E-state index contributed by atoms with van der Waals surface area (Å²) in [7, 11) is 0. The van der Waals surface area contributed by atoms with Crippen LogP contribution < -0.4 is 0 Å². The van der Waals surface area contributed by atoms with Gasteiger partial charge in [0.25, 0.3) is 0 Å². The monoisotopic (exact) mass is 343 g/mol. The van der Waals surface area contributed by atoms with E-state index in [1.165, 1.54) is 48.6 Å². The van der Waals surface area contributed by atoms with Gasteiger partial charge in [0.2, 0.25) is 0 Å². The number of ketones is 1. The molecule has 2 aromatic rings. The quantitative estimate of drug-likeness (QED) is 0.729. The summed E-state index contributed by atoms with van der Waals surface area (Å²) < 4.78 is 0. The maximum atomic E-state index is 13.0. The molecule has 1 aliphatic carbocycles. The number of carbonyl (C=O) groups is 1. The molecule has 1 heterocycles. The summed E-state index contributed by atoms with van der Waals surface area (Å²) in [5.41, 5.74) is 2.15. The minimum atomic E-state index is 0. The lowest BCUT2D eigenvalue weighted by atomic mass is 9.85. The van der Waals surface area contributed by atoms with Crippen molar-refractivity contribution in [1.29, 1.82) is 0 Å². The van der Waals surface area contributed by atoms with E-state index in [4.69, 9.17) is 0 Å². The van der Waals surface area contributed by atoms with Crippen molar-refractivity contribution in [3.8, 4) is 0 Å². The summed E-state index contributed by atoms with van der Waals surface area (Å²) in [4.78, 5) is 15.5. The molecule has 1 unspecified atom stereocenters. The van der Waals surface area contributed by atoms with Gasteiger partial charge < -0.3 is 0 Å². The number of aryl methyl sites for hydroxylation is 1. The highest BCUT2D eigenvalue weighted by atomic mass is 35.5. The van der Waals surface area contributed by atoms with Gasteiger partial charge >= 0.3 is 0 Å². The minimum absolute atomic E-state index is 0. The molecule has 3 heteroatoms. The van der Waals surface area contributed by atoms with E-state index in [2.05, 4.69) is 42.2 Å². The van der Waals surface area contributed by atoms with Gasteiger partial charge in [0.1, 0.15) is 0 Å². The van der Waals surface area contributed by atoms with E-state index in [-0.39, 0.29) is 18.3 Å². The zero-order valence-electron chi connectivity index (χ0n) is 14.3.